The van der Waals surface area contributed by atoms with E-state index in [-0.39, 0.29) is 32.1 Å². The molecule has 1 unspecified atom stereocenters. The summed E-state index contributed by atoms with van der Waals surface area (Å²) < 4.78 is 31.2. The van der Waals surface area contributed by atoms with E-state index in [0.717, 1.165) is 10.6 Å². The second kappa shape index (κ2) is 7.73. The van der Waals surface area contributed by atoms with Gasteiger partial charge in [-0.25, -0.2) is 8.42 Å². The van der Waals surface area contributed by atoms with Crippen LogP contribution in [-0.4, -0.2) is 89.5 Å². The summed E-state index contributed by atoms with van der Waals surface area (Å²) in [6, 6.07) is 1.71. The van der Waals surface area contributed by atoms with E-state index in [1.165, 1.54) is 4.68 Å². The summed E-state index contributed by atoms with van der Waals surface area (Å²) in [5.74, 6) is -1.40. The summed E-state index contributed by atoms with van der Waals surface area (Å²) in [4.78, 5) is 24.6. The third kappa shape index (κ3) is 5.28. The molecule has 0 radical (unpaired) electrons. The first-order valence-corrected chi connectivity index (χ1v) is 9.14. The minimum absolute atomic E-state index is 0.0879. The molecule has 1 fully saturated rings. The molecule has 1 aliphatic heterocycles. The number of amides is 1. The quantitative estimate of drug-likeness (QED) is 0.625. The van der Waals surface area contributed by atoms with Gasteiger partial charge in [0.15, 0.2) is 0 Å². The maximum atomic E-state index is 12.3. The third-order valence-corrected chi connectivity index (χ3v) is 4.75. The Morgan fingerprint density at radius 1 is 1.46 bits per heavy atom. The van der Waals surface area contributed by atoms with E-state index in [9.17, 15) is 18.0 Å². The molecule has 10 nitrogen and oxygen atoms in total. The van der Waals surface area contributed by atoms with Crippen molar-refractivity contribution in [1.82, 2.24) is 19.0 Å². The molecule has 1 atom stereocenters. The Balaban J connectivity index is 1.96. The van der Waals surface area contributed by atoms with Crippen LogP contribution < -0.4 is 0 Å². The number of hydrogen-bond donors (Lipinski definition) is 1. The highest BCUT2D eigenvalue weighted by Gasteiger charge is 2.29. The third-order valence-electron chi connectivity index (χ3n) is 3.54. The monoisotopic (exact) mass is 360 g/mol. The first kappa shape index (κ1) is 18.4. The maximum absolute atomic E-state index is 12.3. The molecule has 0 bridgehead atoms. The number of aliphatic carboxylic acids is 1. The summed E-state index contributed by atoms with van der Waals surface area (Å²) in [6.45, 7) is 0.196. The van der Waals surface area contributed by atoms with Crippen LogP contribution in [-0.2, 0) is 30.9 Å². The molecule has 1 amide bonds. The molecule has 2 heterocycles. The van der Waals surface area contributed by atoms with Crippen molar-refractivity contribution in [3.05, 3.63) is 18.5 Å². The molecule has 0 spiro atoms. The van der Waals surface area contributed by atoms with Crippen LogP contribution in [0.15, 0.2) is 18.5 Å². The van der Waals surface area contributed by atoms with E-state index in [1.54, 1.807) is 23.4 Å². The summed E-state index contributed by atoms with van der Waals surface area (Å²) in [7, 11) is -3.68. The number of carbonyl (C=O) groups excluding carboxylic acids is 1. The van der Waals surface area contributed by atoms with Crippen molar-refractivity contribution in [3.63, 3.8) is 0 Å². The lowest BCUT2D eigenvalue weighted by Crippen LogP contribution is -2.51. The van der Waals surface area contributed by atoms with Crippen LogP contribution in [0.1, 0.15) is 0 Å². The molecule has 1 aromatic heterocycles. The lowest BCUT2D eigenvalue weighted by molar-refractivity contribution is -0.141. The van der Waals surface area contributed by atoms with Gasteiger partial charge in [-0.1, -0.05) is 0 Å². The molecule has 1 saturated heterocycles. The summed E-state index contributed by atoms with van der Waals surface area (Å²) in [6.07, 6.45) is 3.62. The van der Waals surface area contributed by atoms with Gasteiger partial charge in [-0.3, -0.25) is 14.3 Å². The van der Waals surface area contributed by atoms with Crippen LogP contribution in [0.5, 0.6) is 0 Å². The van der Waals surface area contributed by atoms with Gasteiger partial charge in [-0.2, -0.15) is 9.40 Å². The van der Waals surface area contributed by atoms with E-state index in [0.29, 0.717) is 6.54 Å². The average Bonchev–Trinajstić information content (AvgIpc) is 2.98. The van der Waals surface area contributed by atoms with E-state index in [4.69, 9.17) is 9.84 Å². The molecule has 0 saturated carbocycles. The number of carbonyl (C=O) groups is 2. The van der Waals surface area contributed by atoms with Crippen molar-refractivity contribution in [2.45, 2.75) is 12.6 Å². The van der Waals surface area contributed by atoms with Crippen LogP contribution >= 0.6 is 0 Å². The largest absolute Gasteiger partial charge is 0.480 e. The second-order valence-electron chi connectivity index (χ2n) is 5.49. The van der Waals surface area contributed by atoms with Crippen LogP contribution in [0, 0.1) is 0 Å². The fourth-order valence-electron chi connectivity index (χ4n) is 2.38. The topological polar surface area (TPSA) is 122 Å². The molecular weight excluding hydrogens is 340 g/mol. The van der Waals surface area contributed by atoms with Crippen LogP contribution in [0.25, 0.3) is 0 Å². The number of carboxylic acids is 1. The van der Waals surface area contributed by atoms with Crippen molar-refractivity contribution in [3.8, 4) is 0 Å². The van der Waals surface area contributed by atoms with Gasteiger partial charge < -0.3 is 14.7 Å². The number of nitrogens with zero attached hydrogens (tertiary/aromatic N) is 4. The number of morpholine rings is 1. The molecule has 0 aromatic carbocycles. The van der Waals surface area contributed by atoms with E-state index in [1.807, 2.05) is 0 Å². The Bertz CT molecular complexity index is 675. The molecular formula is C13H20N4O6S. The molecule has 0 aliphatic carbocycles. The highest BCUT2D eigenvalue weighted by molar-refractivity contribution is 7.88. The Hall–Kier alpha value is -1.98. The molecule has 1 aliphatic rings. The fraction of sp³-hybridized carbons (Fsp3) is 0.615. The normalized spacial score (nSPS) is 18.8. The van der Waals surface area contributed by atoms with E-state index in [2.05, 4.69) is 5.10 Å². The van der Waals surface area contributed by atoms with Gasteiger partial charge in [0.1, 0.15) is 13.1 Å². The molecule has 1 aromatic rings. The van der Waals surface area contributed by atoms with Crippen molar-refractivity contribution >= 4 is 21.9 Å². The SMILES string of the molecule is CS(=O)(=O)N(CC(=O)O)CC1CN(C(=O)Cn2cccn2)CCO1. The number of hydrogen-bond acceptors (Lipinski definition) is 6. The molecule has 134 valence electrons. The number of ether oxygens (including phenoxy) is 1. The first-order valence-electron chi connectivity index (χ1n) is 7.29. The Morgan fingerprint density at radius 2 is 2.21 bits per heavy atom. The zero-order chi connectivity index (χ0) is 17.7. The fourth-order valence-corrected chi connectivity index (χ4v) is 3.17. The summed E-state index contributed by atoms with van der Waals surface area (Å²) in [5, 5.41) is 12.8. The van der Waals surface area contributed by atoms with Gasteiger partial charge in [-0.15, -0.1) is 0 Å². The zero-order valence-electron chi connectivity index (χ0n) is 13.2. The van der Waals surface area contributed by atoms with Gasteiger partial charge in [-0.05, 0) is 6.07 Å². The van der Waals surface area contributed by atoms with E-state index < -0.39 is 28.6 Å². The first-order chi connectivity index (χ1) is 11.3. The number of carboxylic acid groups (broad SMARTS) is 1. The van der Waals surface area contributed by atoms with Crippen molar-refractivity contribution < 1.29 is 27.9 Å². The van der Waals surface area contributed by atoms with Gasteiger partial charge in [0.05, 0.1) is 19.0 Å². The maximum Gasteiger partial charge on any atom is 0.318 e. The zero-order valence-corrected chi connectivity index (χ0v) is 14.1. The van der Waals surface area contributed by atoms with Crippen LogP contribution in [0.2, 0.25) is 0 Å². The molecule has 11 heteroatoms. The predicted octanol–water partition coefficient (Wildman–Crippen LogP) is -1.54. The van der Waals surface area contributed by atoms with Crippen molar-refractivity contribution in [1.29, 1.82) is 0 Å². The Morgan fingerprint density at radius 3 is 2.79 bits per heavy atom. The number of aromatic nitrogens is 2. The minimum atomic E-state index is -3.68. The van der Waals surface area contributed by atoms with Crippen LogP contribution in [0.4, 0.5) is 0 Å². The number of sulfonamides is 1. The molecule has 24 heavy (non-hydrogen) atoms. The van der Waals surface area contributed by atoms with Gasteiger partial charge in [0.25, 0.3) is 0 Å². The van der Waals surface area contributed by atoms with Gasteiger partial charge in [0, 0.05) is 32.0 Å². The predicted molar refractivity (Wildman–Crippen MR) is 82.6 cm³/mol. The highest BCUT2D eigenvalue weighted by atomic mass is 32.2. The lowest BCUT2D eigenvalue weighted by Gasteiger charge is -2.34. The summed E-state index contributed by atoms with van der Waals surface area (Å²) in [5.41, 5.74) is 0. The second-order valence-corrected chi connectivity index (χ2v) is 7.47. The van der Waals surface area contributed by atoms with Gasteiger partial charge in [0.2, 0.25) is 15.9 Å². The Kier molecular flexibility index (Phi) is 5.91. The van der Waals surface area contributed by atoms with Crippen molar-refractivity contribution in [2.75, 3.05) is 39.0 Å². The lowest BCUT2D eigenvalue weighted by atomic mass is 10.2. The average molecular weight is 360 g/mol. The molecule has 1 N–H and O–H groups in total. The van der Waals surface area contributed by atoms with E-state index >= 15 is 0 Å². The minimum Gasteiger partial charge on any atom is -0.480 e. The smallest absolute Gasteiger partial charge is 0.318 e. The van der Waals surface area contributed by atoms with Crippen molar-refractivity contribution in [2.24, 2.45) is 0 Å². The van der Waals surface area contributed by atoms with Crippen LogP contribution in [0.3, 0.4) is 0 Å². The standard InChI is InChI=1S/C13H20N4O6S/c1-24(21,22)17(10-13(19)20)8-11-7-15(5-6-23-11)12(18)9-16-4-2-3-14-16/h2-4,11H,5-10H2,1H3,(H,19,20). The molecule has 2 rings (SSSR count). The highest BCUT2D eigenvalue weighted by Crippen LogP contribution is 2.10. The number of rotatable bonds is 7. The summed E-state index contributed by atoms with van der Waals surface area (Å²) >= 11 is 0. The van der Waals surface area contributed by atoms with Gasteiger partial charge >= 0.3 is 5.97 Å². The Labute approximate surface area is 139 Å².